The molecule has 0 heterocycles. The number of anilines is 1. The Morgan fingerprint density at radius 3 is 2.29 bits per heavy atom. The molecule has 1 aliphatic carbocycles. The quantitative estimate of drug-likeness (QED) is 0.865. The molecule has 0 saturated heterocycles. The molecule has 0 unspecified atom stereocenters. The molecule has 0 aromatic heterocycles. The van der Waals surface area contributed by atoms with Gasteiger partial charge in [-0.25, -0.2) is 0 Å². The fourth-order valence-electron chi connectivity index (χ4n) is 3.44. The first-order valence-corrected chi connectivity index (χ1v) is 8.55. The third-order valence-electron chi connectivity index (χ3n) is 4.78. The molecule has 3 nitrogen and oxygen atoms in total. The van der Waals surface area contributed by atoms with E-state index in [0.717, 1.165) is 42.5 Å². The van der Waals surface area contributed by atoms with Crippen LogP contribution >= 0.6 is 11.6 Å². The molecule has 0 spiro atoms. The summed E-state index contributed by atoms with van der Waals surface area (Å²) in [5.41, 5.74) is 2.27. The number of halogens is 1. The van der Waals surface area contributed by atoms with E-state index in [2.05, 4.69) is 11.4 Å². The first kappa shape index (κ1) is 16.5. The van der Waals surface area contributed by atoms with Crippen molar-refractivity contribution in [2.24, 2.45) is 0 Å². The minimum atomic E-state index is -0.476. The van der Waals surface area contributed by atoms with E-state index in [9.17, 15) is 4.79 Å². The molecule has 0 bridgehead atoms. The first-order chi connectivity index (χ1) is 11.6. The third-order valence-corrected chi connectivity index (χ3v) is 5.04. The van der Waals surface area contributed by atoms with E-state index in [1.807, 2.05) is 48.5 Å². The first-order valence-electron chi connectivity index (χ1n) is 8.17. The molecule has 1 aliphatic rings. The molecule has 24 heavy (non-hydrogen) atoms. The van der Waals surface area contributed by atoms with Crippen LogP contribution in [0.15, 0.2) is 48.5 Å². The summed E-state index contributed by atoms with van der Waals surface area (Å²) in [6.45, 7) is 0. The van der Waals surface area contributed by atoms with Gasteiger partial charge in [0.2, 0.25) is 5.91 Å². The van der Waals surface area contributed by atoms with E-state index < -0.39 is 5.41 Å². The fraction of sp³-hybridized carbons (Fsp3) is 0.300. The predicted molar refractivity (Wildman–Crippen MR) is 96.0 cm³/mol. The van der Waals surface area contributed by atoms with Gasteiger partial charge in [0.05, 0.1) is 17.9 Å². The van der Waals surface area contributed by atoms with Crippen LogP contribution in [-0.2, 0) is 16.6 Å². The Morgan fingerprint density at radius 2 is 1.71 bits per heavy atom. The van der Waals surface area contributed by atoms with Gasteiger partial charge in [0.1, 0.15) is 0 Å². The Hall–Kier alpha value is -2.31. The highest BCUT2D eigenvalue weighted by Crippen LogP contribution is 2.42. The minimum Gasteiger partial charge on any atom is -0.325 e. The van der Waals surface area contributed by atoms with Crippen molar-refractivity contribution in [3.8, 4) is 6.07 Å². The maximum atomic E-state index is 13.0. The summed E-state index contributed by atoms with van der Waals surface area (Å²) in [5, 5.41) is 12.5. The molecule has 0 aliphatic heterocycles. The Balaban J connectivity index is 1.82. The van der Waals surface area contributed by atoms with Gasteiger partial charge in [0, 0.05) is 10.7 Å². The lowest BCUT2D eigenvalue weighted by Gasteiger charge is -2.28. The van der Waals surface area contributed by atoms with E-state index in [0.29, 0.717) is 11.4 Å². The molecule has 1 N–H and O–H groups in total. The van der Waals surface area contributed by atoms with Crippen LogP contribution in [0.25, 0.3) is 0 Å². The number of carbonyl (C=O) groups excluding carboxylic acids is 1. The molecular weight excluding hydrogens is 320 g/mol. The van der Waals surface area contributed by atoms with Crippen molar-refractivity contribution >= 4 is 23.2 Å². The van der Waals surface area contributed by atoms with Gasteiger partial charge >= 0.3 is 0 Å². The molecule has 0 radical (unpaired) electrons. The van der Waals surface area contributed by atoms with Crippen LogP contribution in [-0.4, -0.2) is 5.91 Å². The van der Waals surface area contributed by atoms with E-state index in [4.69, 9.17) is 16.9 Å². The molecule has 2 aromatic carbocycles. The summed E-state index contributed by atoms with van der Waals surface area (Å²) in [7, 11) is 0. The normalized spacial score (nSPS) is 15.7. The highest BCUT2D eigenvalue weighted by Gasteiger charge is 2.42. The van der Waals surface area contributed by atoms with Crippen molar-refractivity contribution in [2.45, 2.75) is 37.5 Å². The number of nitrogens with zero attached hydrogens (tertiary/aromatic N) is 1. The van der Waals surface area contributed by atoms with Crippen LogP contribution in [0.4, 0.5) is 5.69 Å². The van der Waals surface area contributed by atoms with Gasteiger partial charge < -0.3 is 5.32 Å². The van der Waals surface area contributed by atoms with Gasteiger partial charge in [-0.2, -0.15) is 5.26 Å². The number of nitriles is 1. The zero-order valence-corrected chi connectivity index (χ0v) is 14.1. The summed E-state index contributed by atoms with van der Waals surface area (Å²) >= 11 is 5.99. The highest BCUT2D eigenvalue weighted by molar-refractivity contribution is 6.30. The van der Waals surface area contributed by atoms with Crippen molar-refractivity contribution in [3.05, 3.63) is 64.7 Å². The minimum absolute atomic E-state index is 0.0374. The molecule has 1 fully saturated rings. The maximum Gasteiger partial charge on any atom is 0.235 e. The van der Waals surface area contributed by atoms with Gasteiger partial charge in [-0.1, -0.05) is 48.7 Å². The van der Waals surface area contributed by atoms with E-state index in [-0.39, 0.29) is 5.91 Å². The predicted octanol–water partition coefficient (Wildman–Crippen LogP) is 4.86. The lowest BCUT2D eigenvalue weighted by molar-refractivity contribution is -0.121. The smallest absolute Gasteiger partial charge is 0.235 e. The van der Waals surface area contributed by atoms with Gasteiger partial charge in [-0.3, -0.25) is 4.79 Å². The fourth-order valence-corrected chi connectivity index (χ4v) is 3.57. The lowest BCUT2D eigenvalue weighted by atomic mass is 9.78. The van der Waals surface area contributed by atoms with E-state index >= 15 is 0 Å². The Labute approximate surface area is 147 Å². The second-order valence-corrected chi connectivity index (χ2v) is 6.72. The molecule has 1 amide bonds. The molecule has 122 valence electrons. The zero-order valence-electron chi connectivity index (χ0n) is 13.4. The zero-order chi connectivity index (χ0) is 17.0. The third kappa shape index (κ3) is 3.29. The molecule has 1 saturated carbocycles. The SMILES string of the molecule is N#CCc1ccc(NC(=O)C2(c3ccc(Cl)cc3)CCCC2)cc1. The van der Waals surface area contributed by atoms with Gasteiger partial charge in [0.25, 0.3) is 0 Å². The summed E-state index contributed by atoms with van der Waals surface area (Å²) < 4.78 is 0. The molecular formula is C20H19ClN2O. The Bertz CT molecular complexity index is 754. The van der Waals surface area contributed by atoms with Crippen molar-refractivity contribution in [1.29, 1.82) is 5.26 Å². The molecule has 4 heteroatoms. The van der Waals surface area contributed by atoms with Crippen molar-refractivity contribution in [2.75, 3.05) is 5.32 Å². The van der Waals surface area contributed by atoms with Crippen molar-refractivity contribution in [3.63, 3.8) is 0 Å². The van der Waals surface area contributed by atoms with Crippen LogP contribution in [0.3, 0.4) is 0 Å². The number of amides is 1. The van der Waals surface area contributed by atoms with Gasteiger partial charge in [-0.05, 0) is 48.2 Å². The highest BCUT2D eigenvalue weighted by atomic mass is 35.5. The van der Waals surface area contributed by atoms with Crippen LogP contribution < -0.4 is 5.32 Å². The van der Waals surface area contributed by atoms with Gasteiger partial charge in [-0.15, -0.1) is 0 Å². The summed E-state index contributed by atoms with van der Waals surface area (Å²) in [4.78, 5) is 13.0. The molecule has 2 aromatic rings. The molecule has 0 atom stereocenters. The number of hydrogen-bond donors (Lipinski definition) is 1. The summed E-state index contributed by atoms with van der Waals surface area (Å²) in [6.07, 6.45) is 4.19. The Kier molecular flexibility index (Phi) is 4.87. The van der Waals surface area contributed by atoms with Crippen LogP contribution in [0.1, 0.15) is 36.8 Å². The van der Waals surface area contributed by atoms with Gasteiger partial charge in [0.15, 0.2) is 0 Å². The number of carbonyl (C=O) groups is 1. The largest absolute Gasteiger partial charge is 0.325 e. The second kappa shape index (κ2) is 7.07. The summed E-state index contributed by atoms with van der Waals surface area (Å²) in [6, 6.07) is 17.2. The average molecular weight is 339 g/mol. The maximum absolute atomic E-state index is 13.0. The summed E-state index contributed by atoms with van der Waals surface area (Å²) in [5.74, 6) is 0.0374. The van der Waals surface area contributed by atoms with E-state index in [1.54, 1.807) is 0 Å². The van der Waals surface area contributed by atoms with Crippen LogP contribution in [0.5, 0.6) is 0 Å². The van der Waals surface area contributed by atoms with Crippen LogP contribution in [0.2, 0.25) is 5.02 Å². The van der Waals surface area contributed by atoms with Crippen molar-refractivity contribution in [1.82, 2.24) is 0 Å². The van der Waals surface area contributed by atoms with Crippen molar-refractivity contribution < 1.29 is 4.79 Å². The number of benzene rings is 2. The lowest BCUT2D eigenvalue weighted by Crippen LogP contribution is -2.37. The number of rotatable bonds is 4. The monoisotopic (exact) mass is 338 g/mol. The number of nitrogens with one attached hydrogen (secondary N) is 1. The topological polar surface area (TPSA) is 52.9 Å². The van der Waals surface area contributed by atoms with Crippen LogP contribution in [0, 0.1) is 11.3 Å². The molecule has 3 rings (SSSR count). The standard InChI is InChI=1S/C20H19ClN2O/c21-17-7-5-16(6-8-17)20(12-1-2-13-20)19(24)23-18-9-3-15(4-10-18)11-14-22/h3-10H,1-2,11-13H2,(H,23,24). The van der Waals surface area contributed by atoms with E-state index in [1.165, 1.54) is 0 Å². The number of hydrogen-bond acceptors (Lipinski definition) is 2. The Morgan fingerprint density at radius 1 is 1.08 bits per heavy atom. The average Bonchev–Trinajstić information content (AvgIpc) is 3.08. The second-order valence-electron chi connectivity index (χ2n) is 6.28.